The molecule has 0 aliphatic carbocycles. The van der Waals surface area contributed by atoms with Crippen molar-refractivity contribution < 1.29 is 0 Å². The van der Waals surface area contributed by atoms with Crippen LogP contribution in [0.25, 0.3) is 0 Å². The van der Waals surface area contributed by atoms with E-state index < -0.39 is 0 Å². The first-order chi connectivity index (χ1) is 7.88. The molecule has 0 amide bonds. The van der Waals surface area contributed by atoms with Crippen molar-refractivity contribution in [3.63, 3.8) is 0 Å². The van der Waals surface area contributed by atoms with E-state index in [1.165, 1.54) is 11.1 Å². The molecule has 0 aliphatic rings. The van der Waals surface area contributed by atoms with Gasteiger partial charge in [-0.1, -0.05) is 42.0 Å². The van der Waals surface area contributed by atoms with Crippen LogP contribution in [0.5, 0.6) is 0 Å². The van der Waals surface area contributed by atoms with E-state index in [0.717, 1.165) is 6.42 Å². The van der Waals surface area contributed by atoms with Crippen LogP contribution >= 0.6 is 0 Å². The number of benzene rings is 1. The van der Waals surface area contributed by atoms with E-state index in [4.69, 9.17) is 0 Å². The van der Waals surface area contributed by atoms with Crippen LogP contribution in [0.1, 0.15) is 52.6 Å². The highest BCUT2D eigenvalue weighted by Gasteiger charge is 2.17. The number of hydrogen-bond donors (Lipinski definition) is 1. The zero-order valence-electron chi connectivity index (χ0n) is 11.7. The van der Waals surface area contributed by atoms with E-state index in [2.05, 4.69) is 76.3 Å². The molecule has 0 unspecified atom stereocenters. The molecule has 1 nitrogen and oxygen atoms in total. The third-order valence-corrected chi connectivity index (χ3v) is 2.57. The molecule has 0 spiro atoms. The Hall–Kier alpha value is -1.08. The zero-order valence-corrected chi connectivity index (χ0v) is 11.7. The third-order valence-electron chi connectivity index (χ3n) is 2.57. The first-order valence-electron chi connectivity index (χ1n) is 6.34. The Kier molecular flexibility index (Phi) is 4.95. The fraction of sp³-hybridized carbons (Fsp3) is 0.500. The van der Waals surface area contributed by atoms with Gasteiger partial charge in [0.2, 0.25) is 0 Å². The molecule has 0 saturated heterocycles. The number of nitrogens with one attached hydrogen (secondary N) is 1. The maximum absolute atomic E-state index is 3.68. The molecule has 1 atom stereocenters. The topological polar surface area (TPSA) is 12.0 Å². The van der Waals surface area contributed by atoms with Crippen LogP contribution in [0.3, 0.4) is 0 Å². The Labute approximate surface area is 106 Å². The van der Waals surface area contributed by atoms with Crippen LogP contribution in [0.2, 0.25) is 0 Å². The summed E-state index contributed by atoms with van der Waals surface area (Å²) in [6.45, 7) is 10.9. The summed E-state index contributed by atoms with van der Waals surface area (Å²) >= 11 is 0. The lowest BCUT2D eigenvalue weighted by Gasteiger charge is -2.28. The van der Waals surface area contributed by atoms with Crippen LogP contribution in [-0.4, -0.2) is 5.54 Å². The average molecular weight is 231 g/mol. The van der Waals surface area contributed by atoms with Gasteiger partial charge in [-0.3, -0.25) is 0 Å². The second kappa shape index (κ2) is 6.02. The Balaban J connectivity index is 2.83. The lowest BCUT2D eigenvalue weighted by molar-refractivity contribution is 0.364. The maximum atomic E-state index is 3.68. The Bertz CT molecular complexity index is 353. The normalized spacial score (nSPS) is 13.2. The molecular formula is C16H25N. The zero-order chi connectivity index (χ0) is 12.9. The van der Waals surface area contributed by atoms with Crippen molar-refractivity contribution in [1.82, 2.24) is 5.32 Å². The second-order valence-electron chi connectivity index (χ2n) is 5.87. The quantitative estimate of drug-likeness (QED) is 0.754. The van der Waals surface area contributed by atoms with Gasteiger partial charge in [0, 0.05) is 11.6 Å². The molecule has 0 aliphatic heterocycles. The first-order valence-corrected chi connectivity index (χ1v) is 6.34. The molecule has 0 bridgehead atoms. The van der Waals surface area contributed by atoms with Gasteiger partial charge in [0.15, 0.2) is 0 Å². The van der Waals surface area contributed by atoms with Crippen molar-refractivity contribution in [2.75, 3.05) is 0 Å². The SMILES string of the molecule is CC(C)=CC[C@H](NC(C)(C)C)c1ccccc1. The van der Waals surface area contributed by atoms with Gasteiger partial charge in [0.05, 0.1) is 0 Å². The Morgan fingerprint density at radius 2 is 1.76 bits per heavy atom. The summed E-state index contributed by atoms with van der Waals surface area (Å²) in [4.78, 5) is 0. The molecule has 1 heteroatoms. The van der Waals surface area contributed by atoms with Crippen LogP contribution < -0.4 is 5.32 Å². The molecule has 0 aromatic heterocycles. The summed E-state index contributed by atoms with van der Waals surface area (Å²) in [5.41, 5.74) is 2.87. The molecule has 0 fully saturated rings. The highest BCUT2D eigenvalue weighted by molar-refractivity contribution is 5.20. The van der Waals surface area contributed by atoms with Crippen LogP contribution in [0.4, 0.5) is 0 Å². The minimum atomic E-state index is 0.135. The van der Waals surface area contributed by atoms with Crippen molar-refractivity contribution in [2.45, 2.75) is 52.6 Å². The van der Waals surface area contributed by atoms with Crippen molar-refractivity contribution in [1.29, 1.82) is 0 Å². The lowest BCUT2D eigenvalue weighted by Crippen LogP contribution is -2.38. The third kappa shape index (κ3) is 5.69. The van der Waals surface area contributed by atoms with Crippen LogP contribution in [0, 0.1) is 0 Å². The maximum Gasteiger partial charge on any atom is 0.0359 e. The first kappa shape index (κ1) is 14.0. The molecule has 94 valence electrons. The monoisotopic (exact) mass is 231 g/mol. The second-order valence-corrected chi connectivity index (χ2v) is 5.87. The van der Waals surface area contributed by atoms with Gasteiger partial charge >= 0.3 is 0 Å². The number of hydrogen-bond acceptors (Lipinski definition) is 1. The van der Waals surface area contributed by atoms with Gasteiger partial charge in [0.1, 0.15) is 0 Å². The smallest absolute Gasteiger partial charge is 0.0359 e. The fourth-order valence-corrected chi connectivity index (χ4v) is 1.84. The molecule has 0 saturated carbocycles. The fourth-order valence-electron chi connectivity index (χ4n) is 1.84. The number of allylic oxidation sites excluding steroid dienone is 1. The molecule has 1 N–H and O–H groups in total. The Morgan fingerprint density at radius 1 is 1.18 bits per heavy atom. The lowest BCUT2D eigenvalue weighted by atomic mass is 9.98. The van der Waals surface area contributed by atoms with Gasteiger partial charge in [-0.05, 0) is 46.6 Å². The van der Waals surface area contributed by atoms with E-state index in [-0.39, 0.29) is 5.54 Å². The van der Waals surface area contributed by atoms with Gasteiger partial charge in [0.25, 0.3) is 0 Å². The molecule has 1 aromatic carbocycles. The van der Waals surface area contributed by atoms with E-state index in [0.29, 0.717) is 6.04 Å². The van der Waals surface area contributed by atoms with Gasteiger partial charge in [-0.15, -0.1) is 0 Å². The highest BCUT2D eigenvalue weighted by Crippen LogP contribution is 2.21. The minimum absolute atomic E-state index is 0.135. The molecule has 1 rings (SSSR count). The minimum Gasteiger partial charge on any atom is -0.305 e. The summed E-state index contributed by atoms with van der Waals surface area (Å²) in [6, 6.07) is 11.1. The van der Waals surface area contributed by atoms with Gasteiger partial charge < -0.3 is 5.32 Å². The highest BCUT2D eigenvalue weighted by atomic mass is 15.0. The van der Waals surface area contributed by atoms with Gasteiger partial charge in [-0.2, -0.15) is 0 Å². The molecule has 17 heavy (non-hydrogen) atoms. The standard InChI is InChI=1S/C16H25N/c1-13(2)11-12-15(17-16(3,4)5)14-9-7-6-8-10-14/h6-11,15,17H,12H2,1-5H3/t15-/m0/s1. The van der Waals surface area contributed by atoms with E-state index >= 15 is 0 Å². The number of rotatable bonds is 4. The van der Waals surface area contributed by atoms with E-state index in [1.807, 2.05) is 0 Å². The predicted octanol–water partition coefficient (Wildman–Crippen LogP) is 4.47. The Morgan fingerprint density at radius 3 is 2.24 bits per heavy atom. The molecule has 1 aromatic rings. The van der Waals surface area contributed by atoms with Crippen LogP contribution in [-0.2, 0) is 0 Å². The van der Waals surface area contributed by atoms with E-state index in [1.54, 1.807) is 0 Å². The molecular weight excluding hydrogens is 206 g/mol. The summed E-state index contributed by atoms with van der Waals surface area (Å²) in [7, 11) is 0. The summed E-state index contributed by atoms with van der Waals surface area (Å²) in [6.07, 6.45) is 3.35. The van der Waals surface area contributed by atoms with Crippen molar-refractivity contribution in [2.24, 2.45) is 0 Å². The van der Waals surface area contributed by atoms with Gasteiger partial charge in [-0.25, -0.2) is 0 Å². The van der Waals surface area contributed by atoms with E-state index in [9.17, 15) is 0 Å². The van der Waals surface area contributed by atoms with Crippen LogP contribution in [0.15, 0.2) is 42.0 Å². The average Bonchev–Trinajstić information content (AvgIpc) is 2.24. The van der Waals surface area contributed by atoms with Crippen molar-refractivity contribution in [3.05, 3.63) is 47.5 Å². The summed E-state index contributed by atoms with van der Waals surface area (Å²) in [5, 5.41) is 3.68. The van der Waals surface area contributed by atoms with Crippen molar-refractivity contribution in [3.8, 4) is 0 Å². The van der Waals surface area contributed by atoms with Crippen molar-refractivity contribution >= 4 is 0 Å². The molecule has 0 heterocycles. The molecule has 0 radical (unpaired) electrons. The predicted molar refractivity (Wildman–Crippen MR) is 76.1 cm³/mol. The summed E-state index contributed by atoms with van der Waals surface area (Å²) < 4.78 is 0. The largest absolute Gasteiger partial charge is 0.305 e. The summed E-state index contributed by atoms with van der Waals surface area (Å²) in [5.74, 6) is 0.